The molecule has 0 amide bonds. The minimum absolute atomic E-state index is 0.101. The Morgan fingerprint density at radius 3 is 2.74 bits per heavy atom. The number of imidazole rings is 1. The van der Waals surface area contributed by atoms with Gasteiger partial charge in [0.1, 0.15) is 11.3 Å². The maximum Gasteiger partial charge on any atom is 0.127 e. The Balaban J connectivity index is 2.14. The number of rotatable bonds is 4. The van der Waals surface area contributed by atoms with Crippen molar-refractivity contribution in [2.24, 2.45) is 5.41 Å². The van der Waals surface area contributed by atoms with Crippen molar-refractivity contribution >= 4 is 34.2 Å². The molecule has 2 aromatic rings. The third kappa shape index (κ3) is 2.25. The summed E-state index contributed by atoms with van der Waals surface area (Å²) in [6.07, 6.45) is 3.82. The first-order valence-corrected chi connectivity index (χ1v) is 7.66. The van der Waals surface area contributed by atoms with E-state index in [4.69, 9.17) is 23.2 Å². The van der Waals surface area contributed by atoms with Crippen molar-refractivity contribution in [2.75, 3.05) is 0 Å². The van der Waals surface area contributed by atoms with Gasteiger partial charge in [-0.2, -0.15) is 0 Å². The van der Waals surface area contributed by atoms with Crippen molar-refractivity contribution in [1.29, 1.82) is 0 Å². The van der Waals surface area contributed by atoms with Crippen LogP contribution in [0.3, 0.4) is 0 Å². The second-order valence-electron chi connectivity index (χ2n) is 5.63. The Hall–Kier alpha value is -0.730. The molecule has 1 heterocycles. The number of aromatic nitrogens is 2. The highest BCUT2D eigenvalue weighted by atomic mass is 35.5. The molecule has 0 bridgehead atoms. The van der Waals surface area contributed by atoms with E-state index in [1.165, 1.54) is 19.3 Å². The summed E-state index contributed by atoms with van der Waals surface area (Å²) in [5, 5.41) is 0.604. The predicted molar refractivity (Wildman–Crippen MR) is 81.0 cm³/mol. The molecule has 0 radical (unpaired) electrons. The van der Waals surface area contributed by atoms with Crippen LogP contribution in [0, 0.1) is 5.41 Å². The quantitative estimate of drug-likeness (QED) is 0.711. The fraction of sp³-hybridized carbons (Fsp3) is 0.533. The summed E-state index contributed by atoms with van der Waals surface area (Å²) in [6.45, 7) is 5.24. The van der Waals surface area contributed by atoms with Crippen molar-refractivity contribution < 1.29 is 0 Å². The van der Waals surface area contributed by atoms with E-state index in [2.05, 4.69) is 22.5 Å². The Bertz CT molecular complexity index is 612. The number of hydrogen-bond donors (Lipinski definition) is 0. The van der Waals surface area contributed by atoms with Crippen LogP contribution in [-0.4, -0.2) is 9.55 Å². The molecule has 0 spiro atoms. The van der Waals surface area contributed by atoms with E-state index in [-0.39, 0.29) is 5.38 Å². The number of para-hydroxylation sites is 1. The highest BCUT2D eigenvalue weighted by molar-refractivity contribution is 6.35. The van der Waals surface area contributed by atoms with Crippen LogP contribution in [0.15, 0.2) is 18.2 Å². The molecule has 1 aromatic heterocycles. The molecule has 4 heteroatoms. The zero-order valence-electron chi connectivity index (χ0n) is 11.3. The third-order valence-electron chi connectivity index (χ3n) is 4.32. The maximum atomic E-state index is 6.30. The van der Waals surface area contributed by atoms with Crippen LogP contribution in [0.1, 0.15) is 44.3 Å². The number of benzene rings is 1. The summed E-state index contributed by atoms with van der Waals surface area (Å²) in [4.78, 5) is 4.66. The summed E-state index contributed by atoms with van der Waals surface area (Å²) in [6, 6.07) is 5.95. The Kier molecular flexibility index (Phi) is 3.26. The minimum Gasteiger partial charge on any atom is -0.326 e. The van der Waals surface area contributed by atoms with Crippen molar-refractivity contribution in [3.8, 4) is 0 Å². The molecule has 3 rings (SSSR count). The van der Waals surface area contributed by atoms with Crippen molar-refractivity contribution in [1.82, 2.24) is 9.55 Å². The summed E-state index contributed by atoms with van der Waals surface area (Å²) < 4.78 is 2.27. The van der Waals surface area contributed by atoms with Crippen LogP contribution in [0.25, 0.3) is 11.0 Å². The van der Waals surface area contributed by atoms with E-state index in [0.717, 1.165) is 23.4 Å². The van der Waals surface area contributed by atoms with Crippen molar-refractivity contribution in [2.45, 2.75) is 45.0 Å². The molecule has 0 N–H and O–H groups in total. The van der Waals surface area contributed by atoms with Crippen LogP contribution < -0.4 is 0 Å². The van der Waals surface area contributed by atoms with E-state index in [0.29, 0.717) is 10.4 Å². The fourth-order valence-electron chi connectivity index (χ4n) is 2.74. The molecule has 0 aliphatic heterocycles. The SMILES string of the molecule is CCC1(Cn2c(C(C)Cl)nc3c(Cl)cccc32)CC1. The lowest BCUT2D eigenvalue weighted by atomic mass is 10.0. The van der Waals surface area contributed by atoms with Gasteiger partial charge in [0.15, 0.2) is 0 Å². The van der Waals surface area contributed by atoms with Gasteiger partial charge in [-0.25, -0.2) is 4.98 Å². The van der Waals surface area contributed by atoms with Gasteiger partial charge in [-0.3, -0.25) is 0 Å². The third-order valence-corrected chi connectivity index (χ3v) is 4.82. The van der Waals surface area contributed by atoms with Crippen molar-refractivity contribution in [3.05, 3.63) is 29.0 Å². The van der Waals surface area contributed by atoms with E-state index < -0.39 is 0 Å². The van der Waals surface area contributed by atoms with Gasteiger partial charge in [0.25, 0.3) is 0 Å². The second kappa shape index (κ2) is 4.68. The molecule has 1 saturated carbocycles. The largest absolute Gasteiger partial charge is 0.326 e. The van der Waals surface area contributed by atoms with Crippen LogP contribution in [0.2, 0.25) is 5.02 Å². The van der Waals surface area contributed by atoms with Crippen LogP contribution >= 0.6 is 23.2 Å². The van der Waals surface area contributed by atoms with Gasteiger partial charge in [-0.1, -0.05) is 24.6 Å². The number of nitrogens with zero attached hydrogens (tertiary/aromatic N) is 2. The number of halogens is 2. The molecule has 2 nitrogen and oxygen atoms in total. The predicted octanol–water partition coefficient (Wildman–Crippen LogP) is 5.18. The van der Waals surface area contributed by atoms with E-state index in [9.17, 15) is 0 Å². The van der Waals surface area contributed by atoms with E-state index in [1.807, 2.05) is 19.1 Å². The van der Waals surface area contributed by atoms with Gasteiger partial charge >= 0.3 is 0 Å². The smallest absolute Gasteiger partial charge is 0.127 e. The van der Waals surface area contributed by atoms with Gasteiger partial charge in [0, 0.05) is 6.54 Å². The lowest BCUT2D eigenvalue weighted by molar-refractivity contribution is 0.407. The standard InChI is InChI=1S/C15H18Cl2N2/c1-3-15(7-8-15)9-19-12-6-4-5-11(17)13(12)18-14(19)10(2)16/h4-6,10H,3,7-9H2,1-2H3. The van der Waals surface area contributed by atoms with E-state index >= 15 is 0 Å². The lowest BCUT2D eigenvalue weighted by Gasteiger charge is -2.17. The normalized spacial score (nSPS) is 18.7. The van der Waals surface area contributed by atoms with Gasteiger partial charge in [0.2, 0.25) is 0 Å². The van der Waals surface area contributed by atoms with E-state index in [1.54, 1.807) is 0 Å². The monoisotopic (exact) mass is 296 g/mol. The highest BCUT2D eigenvalue weighted by Crippen LogP contribution is 2.51. The first-order valence-electron chi connectivity index (χ1n) is 6.85. The zero-order chi connectivity index (χ0) is 13.6. The molecule has 1 aliphatic carbocycles. The minimum atomic E-state index is -0.101. The van der Waals surface area contributed by atoms with Crippen LogP contribution in [0.5, 0.6) is 0 Å². The van der Waals surface area contributed by atoms with Crippen LogP contribution in [-0.2, 0) is 6.54 Å². The Morgan fingerprint density at radius 2 is 2.16 bits per heavy atom. The summed E-state index contributed by atoms with van der Waals surface area (Å²) in [5.41, 5.74) is 2.43. The number of alkyl halides is 1. The summed E-state index contributed by atoms with van der Waals surface area (Å²) in [7, 11) is 0. The van der Waals surface area contributed by atoms with Gasteiger partial charge < -0.3 is 4.57 Å². The molecule has 1 atom stereocenters. The molecule has 1 aliphatic rings. The highest BCUT2D eigenvalue weighted by Gasteiger charge is 2.41. The topological polar surface area (TPSA) is 17.8 Å². The molecule has 0 saturated heterocycles. The Morgan fingerprint density at radius 1 is 1.42 bits per heavy atom. The molecular formula is C15H18Cl2N2. The van der Waals surface area contributed by atoms with Gasteiger partial charge in [-0.15, -0.1) is 11.6 Å². The first kappa shape index (κ1) is 13.3. The molecule has 1 unspecified atom stereocenters. The molecule has 1 aromatic carbocycles. The van der Waals surface area contributed by atoms with Gasteiger partial charge in [0.05, 0.1) is 15.9 Å². The number of fused-ring (bicyclic) bond motifs is 1. The Labute approximate surface area is 123 Å². The molecule has 102 valence electrons. The second-order valence-corrected chi connectivity index (χ2v) is 6.70. The lowest BCUT2D eigenvalue weighted by Crippen LogP contribution is -2.13. The van der Waals surface area contributed by atoms with Crippen LogP contribution in [0.4, 0.5) is 0 Å². The molecule has 1 fully saturated rings. The van der Waals surface area contributed by atoms with Gasteiger partial charge in [-0.05, 0) is 43.7 Å². The fourth-order valence-corrected chi connectivity index (χ4v) is 3.11. The molecular weight excluding hydrogens is 279 g/mol. The number of hydrogen-bond acceptors (Lipinski definition) is 1. The van der Waals surface area contributed by atoms with Crippen molar-refractivity contribution in [3.63, 3.8) is 0 Å². The maximum absolute atomic E-state index is 6.30. The average molecular weight is 297 g/mol. The molecule has 19 heavy (non-hydrogen) atoms. The summed E-state index contributed by atoms with van der Waals surface area (Å²) in [5.74, 6) is 0.935. The first-order chi connectivity index (χ1) is 9.06. The zero-order valence-corrected chi connectivity index (χ0v) is 12.8. The summed E-state index contributed by atoms with van der Waals surface area (Å²) >= 11 is 12.5. The average Bonchev–Trinajstić information content (AvgIpc) is 3.06.